The van der Waals surface area contributed by atoms with Gasteiger partial charge in [0.15, 0.2) is 0 Å². The zero-order chi connectivity index (χ0) is 29.6. The third kappa shape index (κ3) is 4.19. The topological polar surface area (TPSA) is 15.3 Å². The smallest absolute Gasteiger partial charge is 0.0470 e. The molecule has 210 valence electrons. The lowest BCUT2D eigenvalue weighted by Crippen LogP contribution is -2.12. The lowest BCUT2D eigenvalue weighted by atomic mass is 9.85. The molecular formula is C42H32N2. The summed E-state index contributed by atoms with van der Waals surface area (Å²) in [7, 11) is 0. The predicted octanol–water partition coefficient (Wildman–Crippen LogP) is 11.3. The minimum atomic E-state index is 0.988. The lowest BCUT2D eigenvalue weighted by molar-refractivity contribution is 0.941. The molecule has 0 saturated heterocycles. The monoisotopic (exact) mass is 564 g/mol. The summed E-state index contributed by atoms with van der Waals surface area (Å²) in [5.74, 6) is 0. The van der Waals surface area contributed by atoms with E-state index in [-0.39, 0.29) is 0 Å². The van der Waals surface area contributed by atoms with Crippen LogP contribution in [0.5, 0.6) is 0 Å². The Labute approximate surface area is 258 Å². The summed E-state index contributed by atoms with van der Waals surface area (Å²) < 4.78 is 0. The molecule has 1 aliphatic heterocycles. The third-order valence-electron chi connectivity index (χ3n) is 9.05. The molecule has 2 nitrogen and oxygen atoms in total. The second-order valence-corrected chi connectivity index (χ2v) is 11.5. The van der Waals surface area contributed by atoms with Gasteiger partial charge in [-0.15, -0.1) is 0 Å². The fourth-order valence-electron chi connectivity index (χ4n) is 7.02. The van der Waals surface area contributed by atoms with E-state index in [0.717, 1.165) is 41.2 Å². The van der Waals surface area contributed by atoms with Crippen LogP contribution in [0.3, 0.4) is 0 Å². The normalized spacial score (nSPS) is 13.1. The van der Waals surface area contributed by atoms with E-state index in [9.17, 15) is 0 Å². The third-order valence-corrected chi connectivity index (χ3v) is 9.05. The van der Waals surface area contributed by atoms with E-state index < -0.39 is 0 Å². The highest BCUT2D eigenvalue weighted by molar-refractivity contribution is 6.12. The molecule has 0 bridgehead atoms. The standard InChI is InChI=1S/C42H32N2/c1-3-34-38-18-11-19-39-37(24-25-41(42(38)39)43-40(34)4-2)29-13-10-16-32(26-29)44(31-14-6-5-7-15-31)33-22-23-36-30(27-33)21-20-28-12-8-9-17-35(28)36/h3-19,22-27,43H,1-2,20-21H2. The van der Waals surface area contributed by atoms with Crippen molar-refractivity contribution in [2.24, 2.45) is 0 Å². The maximum Gasteiger partial charge on any atom is 0.0470 e. The number of anilines is 4. The lowest BCUT2D eigenvalue weighted by Gasteiger charge is -2.28. The van der Waals surface area contributed by atoms with Crippen molar-refractivity contribution in [1.82, 2.24) is 0 Å². The first-order valence-electron chi connectivity index (χ1n) is 15.2. The van der Waals surface area contributed by atoms with Crippen molar-refractivity contribution in [3.63, 3.8) is 0 Å². The van der Waals surface area contributed by atoms with Crippen molar-refractivity contribution in [3.8, 4) is 22.3 Å². The van der Waals surface area contributed by atoms with E-state index in [2.05, 4.69) is 151 Å². The molecule has 0 spiro atoms. The fourth-order valence-corrected chi connectivity index (χ4v) is 7.02. The van der Waals surface area contributed by atoms with E-state index in [0.29, 0.717) is 0 Å². The van der Waals surface area contributed by atoms with Gasteiger partial charge in [-0.1, -0.05) is 104 Å². The summed E-state index contributed by atoms with van der Waals surface area (Å²) in [6.45, 7) is 8.12. The van der Waals surface area contributed by atoms with Crippen LogP contribution in [0.25, 0.3) is 38.6 Å². The number of aryl methyl sites for hydroxylation is 2. The highest BCUT2D eigenvalue weighted by Gasteiger charge is 2.22. The van der Waals surface area contributed by atoms with E-state index in [1.165, 1.54) is 55.4 Å². The molecule has 1 N–H and O–H groups in total. The number of benzene rings is 6. The van der Waals surface area contributed by atoms with Crippen LogP contribution in [0.15, 0.2) is 158 Å². The van der Waals surface area contributed by atoms with Crippen LogP contribution in [-0.2, 0) is 12.8 Å². The van der Waals surface area contributed by atoms with Crippen LogP contribution >= 0.6 is 0 Å². The van der Waals surface area contributed by atoms with Gasteiger partial charge >= 0.3 is 0 Å². The molecule has 0 radical (unpaired) electrons. The Morgan fingerprint density at radius 2 is 1.25 bits per heavy atom. The SMILES string of the molecule is C=CC1=C(C=C)c2cccc3c(-c4cccc(N(c5ccccc5)c5ccc6c(c5)CCc5ccccc5-6)c4)ccc(c23)N1. The van der Waals surface area contributed by atoms with Crippen molar-refractivity contribution in [3.05, 3.63) is 175 Å². The first-order valence-corrected chi connectivity index (χ1v) is 15.2. The average molecular weight is 565 g/mol. The van der Waals surface area contributed by atoms with E-state index in [1.807, 2.05) is 12.2 Å². The van der Waals surface area contributed by atoms with Crippen molar-refractivity contribution in [2.45, 2.75) is 12.8 Å². The molecule has 44 heavy (non-hydrogen) atoms. The number of hydrogen-bond donors (Lipinski definition) is 1. The number of rotatable bonds is 6. The summed E-state index contributed by atoms with van der Waals surface area (Å²) in [4.78, 5) is 2.38. The van der Waals surface area contributed by atoms with Gasteiger partial charge in [0.25, 0.3) is 0 Å². The molecule has 8 rings (SSSR count). The van der Waals surface area contributed by atoms with E-state index >= 15 is 0 Å². The Bertz CT molecular complexity index is 2130. The van der Waals surface area contributed by atoms with Crippen LogP contribution in [0.1, 0.15) is 16.7 Å². The highest BCUT2D eigenvalue weighted by atomic mass is 15.1. The number of para-hydroxylation sites is 1. The summed E-state index contributed by atoms with van der Waals surface area (Å²) >= 11 is 0. The van der Waals surface area contributed by atoms with Crippen LogP contribution in [-0.4, -0.2) is 0 Å². The Morgan fingerprint density at radius 3 is 2.11 bits per heavy atom. The van der Waals surface area contributed by atoms with Gasteiger partial charge in [0, 0.05) is 39.4 Å². The number of fused-ring (bicyclic) bond motifs is 3. The molecule has 6 aromatic carbocycles. The quantitative estimate of drug-likeness (QED) is 0.216. The van der Waals surface area contributed by atoms with Gasteiger partial charge in [-0.3, -0.25) is 0 Å². The van der Waals surface area contributed by atoms with Crippen LogP contribution in [0.2, 0.25) is 0 Å². The van der Waals surface area contributed by atoms with E-state index in [1.54, 1.807) is 0 Å². The predicted molar refractivity (Wildman–Crippen MR) is 188 cm³/mol. The van der Waals surface area contributed by atoms with Gasteiger partial charge in [-0.05, 0) is 106 Å². The van der Waals surface area contributed by atoms with Crippen LogP contribution < -0.4 is 10.2 Å². The minimum Gasteiger partial charge on any atom is -0.355 e. The van der Waals surface area contributed by atoms with Gasteiger partial charge in [-0.25, -0.2) is 0 Å². The molecule has 2 heteroatoms. The molecule has 2 aliphatic rings. The average Bonchev–Trinajstić information content (AvgIpc) is 3.09. The molecule has 0 amide bonds. The molecule has 1 aliphatic carbocycles. The molecule has 0 fully saturated rings. The van der Waals surface area contributed by atoms with Gasteiger partial charge in [0.1, 0.15) is 0 Å². The second kappa shape index (κ2) is 10.6. The molecule has 0 atom stereocenters. The molecule has 0 unspecified atom stereocenters. The van der Waals surface area contributed by atoms with Gasteiger partial charge in [0.05, 0.1) is 0 Å². The second-order valence-electron chi connectivity index (χ2n) is 11.5. The van der Waals surface area contributed by atoms with Gasteiger partial charge in [-0.2, -0.15) is 0 Å². The van der Waals surface area contributed by atoms with E-state index in [4.69, 9.17) is 0 Å². The maximum atomic E-state index is 4.10. The summed E-state index contributed by atoms with van der Waals surface area (Å²) in [6, 6.07) is 46.4. The molecule has 1 heterocycles. The first kappa shape index (κ1) is 26.1. The number of hydrogen-bond acceptors (Lipinski definition) is 2. The largest absolute Gasteiger partial charge is 0.355 e. The van der Waals surface area contributed by atoms with Crippen molar-refractivity contribution in [2.75, 3.05) is 10.2 Å². The highest BCUT2D eigenvalue weighted by Crippen LogP contribution is 2.44. The molecule has 0 saturated carbocycles. The van der Waals surface area contributed by atoms with Gasteiger partial charge in [0.2, 0.25) is 0 Å². The number of nitrogens with one attached hydrogen (secondary N) is 1. The fraction of sp³-hybridized carbons (Fsp3) is 0.0476. The number of nitrogens with zero attached hydrogens (tertiary/aromatic N) is 1. The van der Waals surface area contributed by atoms with Gasteiger partial charge < -0.3 is 10.2 Å². The van der Waals surface area contributed by atoms with Crippen molar-refractivity contribution in [1.29, 1.82) is 0 Å². The molecule has 0 aromatic heterocycles. The zero-order valence-electron chi connectivity index (χ0n) is 24.6. The van der Waals surface area contributed by atoms with Crippen LogP contribution in [0, 0.1) is 0 Å². The Balaban J connectivity index is 1.27. The Kier molecular flexibility index (Phi) is 6.27. The maximum absolute atomic E-state index is 4.10. The Hall–Kier alpha value is -5.60. The van der Waals surface area contributed by atoms with Crippen LogP contribution in [0.4, 0.5) is 22.7 Å². The Morgan fingerprint density at radius 1 is 0.545 bits per heavy atom. The molecular weight excluding hydrogens is 532 g/mol. The minimum absolute atomic E-state index is 0.988. The van der Waals surface area contributed by atoms with Crippen molar-refractivity contribution < 1.29 is 0 Å². The first-order chi connectivity index (χ1) is 21.7. The zero-order valence-corrected chi connectivity index (χ0v) is 24.6. The summed E-state index contributed by atoms with van der Waals surface area (Å²) in [5, 5.41) is 6.00. The molecule has 6 aromatic rings. The number of allylic oxidation sites excluding steroid dienone is 3. The van der Waals surface area contributed by atoms with Crippen molar-refractivity contribution >= 4 is 39.1 Å². The summed E-state index contributed by atoms with van der Waals surface area (Å²) in [5.41, 5.74) is 15.7. The summed E-state index contributed by atoms with van der Waals surface area (Å²) in [6.07, 6.45) is 5.91.